The third kappa shape index (κ3) is 20.7. The van der Waals surface area contributed by atoms with E-state index in [4.69, 9.17) is 0 Å². The van der Waals surface area contributed by atoms with Crippen molar-refractivity contribution in [2.45, 2.75) is 202 Å². The second kappa shape index (κ2) is 35.4. The van der Waals surface area contributed by atoms with Gasteiger partial charge in [-0.25, -0.2) is 8.78 Å². The van der Waals surface area contributed by atoms with Crippen LogP contribution in [0.5, 0.6) is 0 Å². The first kappa shape index (κ1) is 84.6. The van der Waals surface area contributed by atoms with Crippen LogP contribution in [0.15, 0.2) is 36.4 Å². The third-order valence-corrected chi connectivity index (χ3v) is 21.3. The molecule has 1 spiro atoms. The van der Waals surface area contributed by atoms with E-state index in [1.54, 1.807) is 6.92 Å². The highest BCUT2D eigenvalue weighted by atomic mass is 19.4. The monoisotopic (exact) mass is 1520 g/mol. The van der Waals surface area contributed by atoms with E-state index in [1.807, 2.05) is 0 Å². The maximum atomic E-state index is 15.6. The molecule has 2 aromatic rings. The van der Waals surface area contributed by atoms with Crippen LogP contribution < -0.4 is 16.0 Å². The molecule has 5 fully saturated rings. The molecule has 588 valence electrons. The molecule has 2 saturated carbocycles. The number of hydrogen-bond acceptors (Lipinski definition) is 12. The quantitative estimate of drug-likeness (QED) is 0.236. The molecule has 35 heteroatoms. The molecule has 5 aliphatic rings. The third-order valence-electron chi connectivity index (χ3n) is 21.3. The molecule has 0 bridgehead atoms. The number of benzene rings is 2. The van der Waals surface area contributed by atoms with Crippen LogP contribution in [-0.2, 0) is 82.7 Å². The summed E-state index contributed by atoms with van der Waals surface area (Å²) >= 11 is 0. The second-order valence-electron chi connectivity index (χ2n) is 28.8. The molecule has 24 nitrogen and oxygen atoms in total. The van der Waals surface area contributed by atoms with E-state index in [9.17, 15) is 77.9 Å². The molecular weight excluding hydrogens is 1420 g/mol. The molecular formula is C71H95F11N12O12. The Kier molecular flexibility index (Phi) is 28.2. The lowest BCUT2D eigenvalue weighted by Crippen LogP contribution is -2.65. The normalized spacial score (nSPS) is 25.2. The van der Waals surface area contributed by atoms with Crippen LogP contribution in [-0.4, -0.2) is 258 Å². The lowest BCUT2D eigenvalue weighted by Gasteiger charge is -2.43. The summed E-state index contributed by atoms with van der Waals surface area (Å²) in [4.78, 5) is 186. The topological polar surface area (TPSA) is 270 Å². The molecule has 8 atom stereocenters. The molecule has 0 aromatic heterocycles. The Balaban J connectivity index is 1.32. The van der Waals surface area contributed by atoms with Gasteiger partial charge in [-0.15, -0.1) is 0 Å². The Morgan fingerprint density at radius 1 is 0.575 bits per heavy atom. The highest BCUT2D eigenvalue weighted by Crippen LogP contribution is 2.39. The summed E-state index contributed by atoms with van der Waals surface area (Å²) in [5.74, 6) is -17.7. The van der Waals surface area contributed by atoms with E-state index in [2.05, 4.69) is 16.0 Å². The van der Waals surface area contributed by atoms with Gasteiger partial charge in [0.25, 0.3) is 0 Å². The van der Waals surface area contributed by atoms with Gasteiger partial charge in [0.05, 0.1) is 38.0 Å². The molecule has 0 unspecified atom stereocenters. The van der Waals surface area contributed by atoms with Crippen molar-refractivity contribution in [3.05, 3.63) is 70.3 Å². The first-order valence-electron chi connectivity index (χ1n) is 35.6. The summed E-state index contributed by atoms with van der Waals surface area (Å²) in [5, 5.41) is 7.71. The van der Waals surface area contributed by atoms with E-state index in [0.717, 1.165) is 83.2 Å². The summed E-state index contributed by atoms with van der Waals surface area (Å²) < 4.78 is 157. The van der Waals surface area contributed by atoms with E-state index in [-0.39, 0.29) is 57.3 Å². The summed E-state index contributed by atoms with van der Waals surface area (Å²) in [7, 11) is 7.83. The van der Waals surface area contributed by atoms with Crippen molar-refractivity contribution in [3.8, 4) is 0 Å². The number of alkyl halides is 9. The van der Waals surface area contributed by atoms with Crippen molar-refractivity contribution in [3.63, 3.8) is 0 Å². The van der Waals surface area contributed by atoms with E-state index in [1.165, 1.54) is 30.8 Å². The molecule has 12 amide bonds. The maximum Gasteiger partial charge on any atom is 0.422 e. The molecule has 3 aliphatic heterocycles. The van der Waals surface area contributed by atoms with Crippen molar-refractivity contribution < 1.29 is 106 Å². The smallest absolute Gasteiger partial charge is 0.343 e. The molecule has 3 saturated heterocycles. The summed E-state index contributed by atoms with van der Waals surface area (Å²) in [6.07, 6.45) is -15.6. The Bertz CT molecular complexity index is 3540. The van der Waals surface area contributed by atoms with Gasteiger partial charge in [0.15, 0.2) is 0 Å². The van der Waals surface area contributed by atoms with Crippen LogP contribution in [0.1, 0.15) is 145 Å². The minimum absolute atomic E-state index is 0.00637. The Labute approximate surface area is 607 Å². The van der Waals surface area contributed by atoms with Gasteiger partial charge in [0.1, 0.15) is 65.0 Å². The minimum Gasteiger partial charge on any atom is -0.343 e. The number of rotatable bonds is 10. The molecule has 106 heavy (non-hydrogen) atoms. The predicted octanol–water partition coefficient (Wildman–Crippen LogP) is 5.86. The van der Waals surface area contributed by atoms with Crippen LogP contribution in [0.25, 0.3) is 0 Å². The van der Waals surface area contributed by atoms with Gasteiger partial charge in [0.2, 0.25) is 70.9 Å². The molecule has 3 N–H and O–H groups in total. The fraction of sp³-hybridized carbons (Fsp3) is 0.662. The number of amides is 12. The number of likely N-dealkylation sites (N-methyl/N-ethyl adjacent to an activating group) is 7. The fourth-order valence-electron chi connectivity index (χ4n) is 14.8. The largest absolute Gasteiger partial charge is 0.422 e. The van der Waals surface area contributed by atoms with Crippen molar-refractivity contribution in [2.24, 2.45) is 11.8 Å². The number of halogens is 11. The zero-order valence-corrected chi connectivity index (χ0v) is 60.9. The maximum absolute atomic E-state index is 15.6. The van der Waals surface area contributed by atoms with Gasteiger partial charge in [-0.3, -0.25) is 57.5 Å². The number of carbonyl (C=O) groups excluding carboxylic acids is 12. The van der Waals surface area contributed by atoms with E-state index in [0.29, 0.717) is 80.5 Å². The van der Waals surface area contributed by atoms with Gasteiger partial charge in [0, 0.05) is 75.4 Å². The number of carbonyl (C=O) groups is 12. The van der Waals surface area contributed by atoms with Gasteiger partial charge in [-0.05, 0) is 111 Å². The SMILES string of the molecule is CC[C@H](C)[C@@H]1NC(=O)[C@H](CC(F)(F)F)N(C)C(=O)C[C@@H](C(=O)N2CCCC2)N(C)C(=O)[C@H](C2CCCCC2)N(C)C(=O)C2(CCCC2)NC(=O)[C@@H]2CCCN2C(=O)[C@H](CCc2cc(F)c(C(F)(F)F)c(F)c2)NC(=O)CN(C)C(=O)[C@H](Cc2ccc(C(F)(F)F)cc2)N(C)C(=O)CN(C)C(=O)CN(C)C1=O. The summed E-state index contributed by atoms with van der Waals surface area (Å²) in [6, 6.07) is -8.00. The Morgan fingerprint density at radius 2 is 1.15 bits per heavy atom. The summed E-state index contributed by atoms with van der Waals surface area (Å²) in [6.45, 7) is 0.496. The lowest BCUT2D eigenvalue weighted by molar-refractivity contribution is -0.163. The number of nitrogens with one attached hydrogen (secondary N) is 3. The predicted molar refractivity (Wildman–Crippen MR) is 359 cm³/mol. The van der Waals surface area contributed by atoms with Crippen LogP contribution in [0.4, 0.5) is 48.3 Å². The number of likely N-dealkylation sites (tertiary alicyclic amines) is 1. The van der Waals surface area contributed by atoms with Crippen LogP contribution >= 0.6 is 0 Å². The van der Waals surface area contributed by atoms with Crippen LogP contribution in [0.2, 0.25) is 0 Å². The van der Waals surface area contributed by atoms with E-state index < -0.39 is 229 Å². The van der Waals surface area contributed by atoms with Crippen molar-refractivity contribution in [1.29, 1.82) is 0 Å². The molecule has 0 radical (unpaired) electrons. The first-order chi connectivity index (χ1) is 49.5. The zero-order chi connectivity index (χ0) is 78.8. The second-order valence-corrected chi connectivity index (χ2v) is 28.8. The summed E-state index contributed by atoms with van der Waals surface area (Å²) in [5.41, 5.74) is -5.44. The van der Waals surface area contributed by atoms with Gasteiger partial charge in [-0.1, -0.05) is 64.5 Å². The van der Waals surface area contributed by atoms with Crippen molar-refractivity contribution in [1.82, 2.24) is 60.0 Å². The van der Waals surface area contributed by atoms with Crippen LogP contribution in [0.3, 0.4) is 0 Å². The van der Waals surface area contributed by atoms with Gasteiger partial charge in [-0.2, -0.15) is 39.5 Å². The number of fused-ring (bicyclic) bond motifs is 1. The van der Waals surface area contributed by atoms with Gasteiger partial charge < -0.3 is 60.0 Å². The van der Waals surface area contributed by atoms with Crippen molar-refractivity contribution in [2.75, 3.05) is 88.6 Å². The average molecular weight is 1520 g/mol. The van der Waals surface area contributed by atoms with E-state index >= 15 is 28.0 Å². The fourth-order valence-corrected chi connectivity index (χ4v) is 14.8. The van der Waals surface area contributed by atoms with Crippen molar-refractivity contribution >= 4 is 70.9 Å². The molecule has 2 aromatic carbocycles. The number of hydrogen-bond donors (Lipinski definition) is 3. The minimum atomic E-state index is -5.47. The Hall–Kier alpha value is -8.69. The molecule has 3 heterocycles. The van der Waals surface area contributed by atoms with Crippen LogP contribution in [0, 0.1) is 23.5 Å². The number of nitrogens with zero attached hydrogens (tertiary/aromatic N) is 9. The number of aryl methyl sites for hydroxylation is 1. The first-order valence-corrected chi connectivity index (χ1v) is 35.6. The molecule has 7 rings (SSSR count). The highest BCUT2D eigenvalue weighted by molar-refractivity contribution is 6.01. The highest BCUT2D eigenvalue weighted by Gasteiger charge is 2.52. The average Bonchev–Trinajstić information content (AvgIpc) is 1.55. The van der Waals surface area contributed by atoms with Gasteiger partial charge >= 0.3 is 18.5 Å². The Morgan fingerprint density at radius 3 is 1.72 bits per heavy atom. The standard InChI is InChI=1S/C71H95F11N12O12/c1-10-41(2)58-65(104)88(5)39-55(97)86(3)40-56(98)89(6)50(35-42-22-25-45(26-23-42)70(77,78)79)63(102)87(4)38-53(95)83-48(27-24-43-33-46(72)57(47(73)34-43)71(80,81)82)62(101)94-32-18-21-49(94)61(100)85-68(28-14-15-29-68)67(106)92(9)59(44-19-12-11-13-20-44)66(105)91(8)51(64(103)93-30-16-17-31-93)36-54(96)90(7)52(60(99)84-58)37-69(74,75)76/h22-23,25-26,33-34,41,44,48-52,58-59H,10-21,24,27-32,35-40H2,1-9H3,(H,83,95)(H,84,99)(H,85,100)/t41-,48-,49-,50-,51-,52-,58-,59-/m0/s1. The molecule has 2 aliphatic carbocycles. The zero-order valence-electron chi connectivity index (χ0n) is 60.9. The lowest BCUT2D eigenvalue weighted by atomic mass is 9.81.